The predicted octanol–water partition coefficient (Wildman–Crippen LogP) is 4.93. The third-order valence-electron chi connectivity index (χ3n) is 5.01. The van der Waals surface area contributed by atoms with Crippen molar-refractivity contribution in [1.29, 1.82) is 0 Å². The van der Waals surface area contributed by atoms with Gasteiger partial charge in [-0.3, -0.25) is 9.10 Å². The molecule has 0 spiro atoms. The van der Waals surface area contributed by atoms with Crippen LogP contribution in [0, 0.1) is 12.7 Å². The van der Waals surface area contributed by atoms with Crippen molar-refractivity contribution in [2.75, 3.05) is 35.7 Å². The minimum absolute atomic E-state index is 0.0244. The summed E-state index contributed by atoms with van der Waals surface area (Å²) in [6.07, 6.45) is 0. The molecule has 9 heteroatoms. The smallest absolute Gasteiger partial charge is 0.264 e. The van der Waals surface area contributed by atoms with Crippen LogP contribution in [0.3, 0.4) is 0 Å². The Hall–Kier alpha value is -3.10. The van der Waals surface area contributed by atoms with Crippen LogP contribution in [0.1, 0.15) is 15.9 Å². The fraction of sp³-hybridized carbons (Fsp3) is 0.174. The zero-order valence-corrected chi connectivity index (χ0v) is 19.6. The maximum Gasteiger partial charge on any atom is 0.264 e. The highest BCUT2D eigenvalue weighted by atomic mass is 35.5. The Bertz CT molecular complexity index is 1260. The minimum atomic E-state index is -4.01. The molecule has 0 radical (unpaired) electrons. The van der Waals surface area contributed by atoms with Crippen LogP contribution in [0.4, 0.5) is 21.5 Å². The number of anilines is 3. The lowest BCUT2D eigenvalue weighted by Gasteiger charge is -2.20. The van der Waals surface area contributed by atoms with Crippen LogP contribution in [-0.4, -0.2) is 35.5 Å². The second-order valence-corrected chi connectivity index (χ2v) is 9.81. The molecule has 0 aliphatic carbocycles. The molecule has 0 aromatic heterocycles. The lowest BCUT2D eigenvalue weighted by Crippen LogP contribution is -2.27. The number of carbonyl (C=O) groups is 1. The molecule has 0 fully saturated rings. The van der Waals surface area contributed by atoms with E-state index in [-0.39, 0.29) is 21.2 Å². The number of sulfonamides is 1. The van der Waals surface area contributed by atoms with Crippen LogP contribution >= 0.6 is 11.6 Å². The van der Waals surface area contributed by atoms with Gasteiger partial charge in [-0.15, -0.1) is 0 Å². The van der Waals surface area contributed by atoms with Gasteiger partial charge in [0.15, 0.2) is 0 Å². The van der Waals surface area contributed by atoms with Gasteiger partial charge in [-0.1, -0.05) is 11.6 Å². The summed E-state index contributed by atoms with van der Waals surface area (Å²) in [4.78, 5) is 14.7. The maximum atomic E-state index is 13.2. The summed E-state index contributed by atoms with van der Waals surface area (Å²) >= 11 is 6.21. The Labute approximate surface area is 192 Å². The number of carbonyl (C=O) groups excluding carboxylic acids is 1. The normalized spacial score (nSPS) is 11.2. The van der Waals surface area contributed by atoms with Crippen molar-refractivity contribution in [3.05, 3.63) is 82.6 Å². The van der Waals surface area contributed by atoms with Crippen molar-refractivity contribution in [3.8, 4) is 0 Å². The number of nitrogens with one attached hydrogen (secondary N) is 1. The van der Waals surface area contributed by atoms with Gasteiger partial charge >= 0.3 is 0 Å². The number of amides is 1. The zero-order chi connectivity index (χ0) is 23.6. The third kappa shape index (κ3) is 4.87. The Morgan fingerprint density at radius 1 is 0.938 bits per heavy atom. The van der Waals surface area contributed by atoms with Crippen LogP contribution < -0.4 is 14.5 Å². The molecule has 6 nitrogen and oxygen atoms in total. The molecule has 0 aliphatic rings. The van der Waals surface area contributed by atoms with Crippen molar-refractivity contribution in [2.24, 2.45) is 0 Å². The van der Waals surface area contributed by atoms with Crippen molar-refractivity contribution in [2.45, 2.75) is 11.8 Å². The molecule has 0 unspecified atom stereocenters. The molecule has 3 aromatic carbocycles. The Morgan fingerprint density at radius 2 is 1.56 bits per heavy atom. The van der Waals surface area contributed by atoms with Gasteiger partial charge < -0.3 is 10.2 Å². The lowest BCUT2D eigenvalue weighted by molar-refractivity contribution is 0.102. The van der Waals surface area contributed by atoms with E-state index in [1.54, 1.807) is 6.07 Å². The van der Waals surface area contributed by atoms with E-state index in [1.165, 1.54) is 49.5 Å². The SMILES string of the molecule is Cc1cc(N(C)C)ccc1NC(=O)c1cc(S(=O)(=O)N(C)c2ccc(F)cc2)ccc1Cl. The molecule has 0 saturated heterocycles. The molecule has 0 saturated carbocycles. The molecule has 0 bridgehead atoms. The number of hydrogen-bond acceptors (Lipinski definition) is 4. The highest BCUT2D eigenvalue weighted by Gasteiger charge is 2.24. The summed E-state index contributed by atoms with van der Waals surface area (Å²) < 4.78 is 40.4. The fourth-order valence-corrected chi connectivity index (χ4v) is 4.47. The number of halogens is 2. The van der Waals surface area contributed by atoms with Gasteiger partial charge in [0.05, 0.1) is 21.2 Å². The van der Waals surface area contributed by atoms with Crippen molar-refractivity contribution < 1.29 is 17.6 Å². The third-order valence-corrected chi connectivity index (χ3v) is 7.12. The molecular formula is C23H23ClFN3O3S. The van der Waals surface area contributed by atoms with Crippen molar-refractivity contribution in [3.63, 3.8) is 0 Å². The standard InChI is InChI=1S/C23H23ClFN3O3S/c1-15-13-18(27(2)3)9-12-22(15)26-23(29)20-14-19(10-11-21(20)24)32(30,31)28(4)17-7-5-16(25)6-8-17/h5-14H,1-4H3,(H,26,29). The first-order valence-electron chi connectivity index (χ1n) is 9.64. The van der Waals surface area contributed by atoms with Gasteiger partial charge in [0, 0.05) is 32.5 Å². The molecule has 32 heavy (non-hydrogen) atoms. The molecule has 168 valence electrons. The highest BCUT2D eigenvalue weighted by Crippen LogP contribution is 2.27. The summed E-state index contributed by atoms with van der Waals surface area (Å²) in [6, 6.07) is 14.6. The van der Waals surface area contributed by atoms with E-state index in [0.29, 0.717) is 5.69 Å². The molecule has 0 atom stereocenters. The van der Waals surface area contributed by atoms with E-state index in [1.807, 2.05) is 38.1 Å². The number of rotatable bonds is 6. The van der Waals surface area contributed by atoms with Crippen LogP contribution in [0.15, 0.2) is 65.6 Å². The Kier molecular flexibility index (Phi) is 6.76. The second kappa shape index (κ2) is 9.18. The Morgan fingerprint density at radius 3 is 2.16 bits per heavy atom. The Balaban J connectivity index is 1.91. The first-order valence-corrected chi connectivity index (χ1v) is 11.5. The minimum Gasteiger partial charge on any atom is -0.378 e. The lowest BCUT2D eigenvalue weighted by atomic mass is 10.1. The molecule has 3 aromatic rings. The van der Waals surface area contributed by atoms with Gasteiger partial charge in [0.2, 0.25) is 0 Å². The number of benzene rings is 3. The topological polar surface area (TPSA) is 69.7 Å². The van der Waals surface area contributed by atoms with Crippen molar-refractivity contribution >= 4 is 44.6 Å². The van der Waals surface area contributed by atoms with E-state index in [0.717, 1.165) is 15.6 Å². The summed E-state index contributed by atoms with van der Waals surface area (Å²) in [6.45, 7) is 1.86. The summed E-state index contributed by atoms with van der Waals surface area (Å²) in [5.41, 5.74) is 2.73. The maximum absolute atomic E-state index is 13.2. The van der Waals surface area contributed by atoms with Crippen LogP contribution in [-0.2, 0) is 10.0 Å². The van der Waals surface area contributed by atoms with E-state index in [4.69, 9.17) is 11.6 Å². The molecule has 0 aliphatic heterocycles. The predicted molar refractivity (Wildman–Crippen MR) is 127 cm³/mol. The molecule has 1 N–H and O–H groups in total. The fourth-order valence-electron chi connectivity index (χ4n) is 3.04. The largest absolute Gasteiger partial charge is 0.378 e. The molecular weight excluding hydrogens is 453 g/mol. The molecule has 3 rings (SSSR count). The average Bonchev–Trinajstić information content (AvgIpc) is 2.75. The number of aryl methyl sites for hydroxylation is 1. The van der Waals surface area contributed by atoms with E-state index in [2.05, 4.69) is 5.32 Å². The molecule has 0 heterocycles. The van der Waals surface area contributed by atoms with E-state index < -0.39 is 21.7 Å². The quantitative estimate of drug-likeness (QED) is 0.548. The summed E-state index contributed by atoms with van der Waals surface area (Å²) in [5.74, 6) is -1.00. The van der Waals surface area contributed by atoms with Crippen LogP contribution in [0.5, 0.6) is 0 Å². The number of hydrogen-bond donors (Lipinski definition) is 1. The summed E-state index contributed by atoms with van der Waals surface area (Å²) in [5, 5.41) is 2.91. The van der Waals surface area contributed by atoms with Gasteiger partial charge in [-0.05, 0) is 73.2 Å². The summed E-state index contributed by atoms with van der Waals surface area (Å²) in [7, 11) is 1.18. The number of nitrogens with zero attached hydrogens (tertiary/aromatic N) is 2. The average molecular weight is 476 g/mol. The van der Waals surface area contributed by atoms with Crippen LogP contribution in [0.2, 0.25) is 5.02 Å². The first kappa shape index (κ1) is 23.6. The van der Waals surface area contributed by atoms with Gasteiger partial charge in [0.1, 0.15) is 5.82 Å². The first-order chi connectivity index (χ1) is 15.0. The highest BCUT2D eigenvalue weighted by molar-refractivity contribution is 7.92. The van der Waals surface area contributed by atoms with E-state index in [9.17, 15) is 17.6 Å². The van der Waals surface area contributed by atoms with Gasteiger partial charge in [-0.25, -0.2) is 12.8 Å². The van der Waals surface area contributed by atoms with Crippen molar-refractivity contribution in [1.82, 2.24) is 0 Å². The van der Waals surface area contributed by atoms with Crippen LogP contribution in [0.25, 0.3) is 0 Å². The zero-order valence-electron chi connectivity index (χ0n) is 18.1. The van der Waals surface area contributed by atoms with E-state index >= 15 is 0 Å². The monoisotopic (exact) mass is 475 g/mol. The molecule has 1 amide bonds. The second-order valence-electron chi connectivity index (χ2n) is 7.44. The van der Waals surface area contributed by atoms with Gasteiger partial charge in [0.25, 0.3) is 15.9 Å². The van der Waals surface area contributed by atoms with Gasteiger partial charge in [-0.2, -0.15) is 0 Å².